The first-order valence-corrected chi connectivity index (χ1v) is 7.00. The van der Waals surface area contributed by atoms with Crippen molar-refractivity contribution in [2.75, 3.05) is 14.2 Å². The molecule has 0 aliphatic carbocycles. The molecule has 0 aliphatic heterocycles. The normalized spacial score (nSPS) is 10.3. The minimum absolute atomic E-state index is 0.377. The van der Waals surface area contributed by atoms with Crippen molar-refractivity contribution in [3.63, 3.8) is 0 Å². The van der Waals surface area contributed by atoms with Gasteiger partial charge in [0.1, 0.15) is 17.2 Å². The standard InChI is InChI=1S/C18H15NO4/c1-21-14-7-8-15-16(11-14)19-10-9-17(15)23-13-5-3-12(4-6-13)18(20)22-2/h3-11H,1-2H3. The Kier molecular flexibility index (Phi) is 4.10. The average Bonchev–Trinajstić information content (AvgIpc) is 2.61. The molecule has 0 fully saturated rings. The molecule has 0 amide bonds. The molecule has 0 unspecified atom stereocenters. The minimum atomic E-state index is -0.377. The topological polar surface area (TPSA) is 57.7 Å². The third kappa shape index (κ3) is 3.08. The third-order valence-corrected chi connectivity index (χ3v) is 3.41. The van der Waals surface area contributed by atoms with E-state index in [1.807, 2.05) is 18.2 Å². The van der Waals surface area contributed by atoms with Crippen LogP contribution in [0.4, 0.5) is 0 Å². The number of benzene rings is 2. The summed E-state index contributed by atoms with van der Waals surface area (Å²) < 4.78 is 15.8. The fourth-order valence-corrected chi connectivity index (χ4v) is 2.22. The summed E-state index contributed by atoms with van der Waals surface area (Å²) in [6, 6.07) is 14.2. The quantitative estimate of drug-likeness (QED) is 0.686. The van der Waals surface area contributed by atoms with Crippen molar-refractivity contribution >= 4 is 16.9 Å². The number of carbonyl (C=O) groups excluding carboxylic acids is 1. The molecule has 0 aliphatic rings. The number of methoxy groups -OCH3 is 2. The lowest BCUT2D eigenvalue weighted by Crippen LogP contribution is -2.00. The summed E-state index contributed by atoms with van der Waals surface area (Å²) in [6.45, 7) is 0. The van der Waals surface area contributed by atoms with Crippen LogP contribution in [0.1, 0.15) is 10.4 Å². The number of aromatic nitrogens is 1. The first-order valence-electron chi connectivity index (χ1n) is 7.00. The van der Waals surface area contributed by atoms with Crippen molar-refractivity contribution < 1.29 is 19.0 Å². The summed E-state index contributed by atoms with van der Waals surface area (Å²) in [4.78, 5) is 15.8. The van der Waals surface area contributed by atoms with E-state index in [4.69, 9.17) is 9.47 Å². The number of rotatable bonds is 4. The smallest absolute Gasteiger partial charge is 0.337 e. The lowest BCUT2D eigenvalue weighted by Gasteiger charge is -2.10. The monoisotopic (exact) mass is 309 g/mol. The first-order chi connectivity index (χ1) is 11.2. The van der Waals surface area contributed by atoms with E-state index in [0.717, 1.165) is 16.7 Å². The van der Waals surface area contributed by atoms with Gasteiger partial charge >= 0.3 is 5.97 Å². The summed E-state index contributed by atoms with van der Waals surface area (Å²) in [7, 11) is 2.97. The second kappa shape index (κ2) is 6.36. The molecule has 2 aromatic carbocycles. The van der Waals surface area contributed by atoms with Crippen molar-refractivity contribution in [1.82, 2.24) is 4.98 Å². The minimum Gasteiger partial charge on any atom is -0.497 e. The Morgan fingerprint density at radius 3 is 2.39 bits per heavy atom. The van der Waals surface area contributed by atoms with Crippen molar-refractivity contribution in [3.05, 3.63) is 60.3 Å². The Hall–Kier alpha value is -3.08. The maximum Gasteiger partial charge on any atom is 0.337 e. The SMILES string of the molecule is COC(=O)c1ccc(Oc2ccnc3cc(OC)ccc23)cc1. The molecule has 0 spiro atoms. The summed E-state index contributed by atoms with van der Waals surface area (Å²) in [5.74, 6) is 1.67. The van der Waals surface area contributed by atoms with Gasteiger partial charge in [-0.2, -0.15) is 0 Å². The van der Waals surface area contributed by atoms with E-state index in [1.54, 1.807) is 43.6 Å². The third-order valence-electron chi connectivity index (χ3n) is 3.41. The number of ether oxygens (including phenoxy) is 3. The van der Waals surface area contributed by atoms with Crippen molar-refractivity contribution in [2.45, 2.75) is 0 Å². The van der Waals surface area contributed by atoms with Crippen LogP contribution in [0.2, 0.25) is 0 Å². The van der Waals surface area contributed by atoms with Gasteiger partial charge < -0.3 is 14.2 Å². The Morgan fingerprint density at radius 2 is 1.70 bits per heavy atom. The molecular weight excluding hydrogens is 294 g/mol. The van der Waals surface area contributed by atoms with Crippen LogP contribution in [0.25, 0.3) is 10.9 Å². The fraction of sp³-hybridized carbons (Fsp3) is 0.111. The predicted molar refractivity (Wildman–Crippen MR) is 86.2 cm³/mol. The van der Waals surface area contributed by atoms with E-state index in [2.05, 4.69) is 9.72 Å². The fourth-order valence-electron chi connectivity index (χ4n) is 2.22. The van der Waals surface area contributed by atoms with E-state index < -0.39 is 0 Å². The Balaban J connectivity index is 1.90. The van der Waals surface area contributed by atoms with Gasteiger partial charge in [0.15, 0.2) is 0 Å². The molecule has 116 valence electrons. The lowest BCUT2D eigenvalue weighted by molar-refractivity contribution is 0.0600. The van der Waals surface area contributed by atoms with Gasteiger partial charge in [0.25, 0.3) is 0 Å². The van der Waals surface area contributed by atoms with Crippen LogP contribution in [-0.2, 0) is 4.74 Å². The van der Waals surface area contributed by atoms with Gasteiger partial charge in [-0.3, -0.25) is 4.98 Å². The van der Waals surface area contributed by atoms with Crippen LogP contribution in [-0.4, -0.2) is 25.2 Å². The first kappa shape index (κ1) is 14.8. The van der Waals surface area contributed by atoms with E-state index in [0.29, 0.717) is 17.1 Å². The number of pyridine rings is 1. The zero-order valence-electron chi connectivity index (χ0n) is 12.8. The van der Waals surface area contributed by atoms with Gasteiger partial charge in [0.2, 0.25) is 0 Å². The highest BCUT2D eigenvalue weighted by atomic mass is 16.5. The van der Waals surface area contributed by atoms with E-state index >= 15 is 0 Å². The van der Waals surface area contributed by atoms with E-state index in [9.17, 15) is 4.79 Å². The van der Waals surface area contributed by atoms with Crippen LogP contribution >= 0.6 is 0 Å². The van der Waals surface area contributed by atoms with Crippen LogP contribution in [0, 0.1) is 0 Å². The molecule has 3 aromatic rings. The van der Waals surface area contributed by atoms with Gasteiger partial charge in [0.05, 0.1) is 25.3 Å². The molecule has 0 N–H and O–H groups in total. The maximum atomic E-state index is 11.4. The Labute approximate surface area is 133 Å². The van der Waals surface area contributed by atoms with E-state index in [-0.39, 0.29) is 5.97 Å². The number of hydrogen-bond donors (Lipinski definition) is 0. The predicted octanol–water partition coefficient (Wildman–Crippen LogP) is 3.82. The lowest BCUT2D eigenvalue weighted by atomic mass is 10.2. The summed E-state index contributed by atoms with van der Waals surface area (Å²) in [5.41, 5.74) is 1.26. The van der Waals surface area contributed by atoms with Crippen molar-refractivity contribution in [2.24, 2.45) is 0 Å². The molecule has 23 heavy (non-hydrogen) atoms. The molecule has 5 nitrogen and oxygen atoms in total. The number of nitrogens with zero attached hydrogens (tertiary/aromatic N) is 1. The average molecular weight is 309 g/mol. The molecule has 0 saturated heterocycles. The molecule has 3 rings (SSSR count). The van der Waals surface area contributed by atoms with Gasteiger partial charge in [-0.05, 0) is 42.5 Å². The van der Waals surface area contributed by atoms with Crippen LogP contribution in [0.15, 0.2) is 54.7 Å². The second-order valence-corrected chi connectivity index (χ2v) is 4.81. The van der Waals surface area contributed by atoms with Crippen molar-refractivity contribution in [3.8, 4) is 17.2 Å². The highest BCUT2D eigenvalue weighted by molar-refractivity contribution is 5.89. The van der Waals surface area contributed by atoms with Crippen molar-refractivity contribution in [1.29, 1.82) is 0 Å². The number of hydrogen-bond acceptors (Lipinski definition) is 5. The molecule has 0 radical (unpaired) electrons. The zero-order valence-corrected chi connectivity index (χ0v) is 12.8. The highest BCUT2D eigenvalue weighted by Gasteiger charge is 2.08. The molecule has 1 heterocycles. The highest BCUT2D eigenvalue weighted by Crippen LogP contribution is 2.30. The summed E-state index contributed by atoms with van der Waals surface area (Å²) in [5, 5.41) is 0.880. The maximum absolute atomic E-state index is 11.4. The van der Waals surface area contributed by atoms with Gasteiger partial charge in [-0.25, -0.2) is 4.79 Å². The molecule has 0 saturated carbocycles. The van der Waals surface area contributed by atoms with E-state index in [1.165, 1.54) is 7.11 Å². The van der Waals surface area contributed by atoms with Gasteiger partial charge in [-0.1, -0.05) is 0 Å². The number of esters is 1. The number of carbonyl (C=O) groups is 1. The Morgan fingerprint density at radius 1 is 0.957 bits per heavy atom. The Bertz CT molecular complexity index is 843. The molecule has 0 atom stereocenters. The molecular formula is C18H15NO4. The van der Waals surface area contributed by atoms with Crippen LogP contribution in [0.5, 0.6) is 17.2 Å². The molecule has 1 aromatic heterocycles. The van der Waals surface area contributed by atoms with Gasteiger partial charge in [-0.15, -0.1) is 0 Å². The number of fused-ring (bicyclic) bond motifs is 1. The zero-order chi connectivity index (χ0) is 16.2. The summed E-state index contributed by atoms with van der Waals surface area (Å²) in [6.07, 6.45) is 1.68. The second-order valence-electron chi connectivity index (χ2n) is 4.81. The van der Waals surface area contributed by atoms with Gasteiger partial charge in [0, 0.05) is 17.6 Å². The molecule has 5 heteroatoms. The molecule has 0 bridgehead atoms. The van der Waals surface area contributed by atoms with Crippen LogP contribution in [0.3, 0.4) is 0 Å². The largest absolute Gasteiger partial charge is 0.497 e. The summed E-state index contributed by atoms with van der Waals surface area (Å²) >= 11 is 0. The van der Waals surface area contributed by atoms with Crippen LogP contribution < -0.4 is 9.47 Å².